The van der Waals surface area contributed by atoms with E-state index in [1.54, 1.807) is 19.3 Å². The maximum absolute atomic E-state index is 10.7. The van der Waals surface area contributed by atoms with Gasteiger partial charge in [0.2, 0.25) is 0 Å². The summed E-state index contributed by atoms with van der Waals surface area (Å²) in [6, 6.07) is 6.63. The fraction of sp³-hybridized carbons (Fsp3) is 0.154. The topological polar surface area (TPSA) is 68.1 Å². The van der Waals surface area contributed by atoms with Crippen LogP contribution in [0.15, 0.2) is 36.7 Å². The number of benzene rings is 1. The number of anilines is 1. The summed E-state index contributed by atoms with van der Waals surface area (Å²) in [5.41, 5.74) is 2.45. The average molecular weight is 278 g/mol. The lowest BCUT2D eigenvalue weighted by molar-refractivity contribution is -0.384. The van der Waals surface area contributed by atoms with Gasteiger partial charge in [-0.15, -0.1) is 0 Å². The highest BCUT2D eigenvalue weighted by Gasteiger charge is 2.12. The normalized spacial score (nSPS) is 10.2. The Morgan fingerprint density at radius 1 is 1.47 bits per heavy atom. The number of aromatic nitrogens is 1. The summed E-state index contributed by atoms with van der Waals surface area (Å²) in [7, 11) is 0. The van der Waals surface area contributed by atoms with Crippen LogP contribution >= 0.6 is 11.6 Å². The van der Waals surface area contributed by atoms with Crippen molar-refractivity contribution in [3.05, 3.63) is 62.9 Å². The van der Waals surface area contributed by atoms with Gasteiger partial charge in [0.05, 0.1) is 15.6 Å². The van der Waals surface area contributed by atoms with Gasteiger partial charge >= 0.3 is 0 Å². The Hall–Kier alpha value is -2.14. The van der Waals surface area contributed by atoms with Gasteiger partial charge in [-0.1, -0.05) is 17.7 Å². The Labute approximate surface area is 115 Å². The first-order valence-electron chi connectivity index (χ1n) is 5.65. The van der Waals surface area contributed by atoms with Crippen LogP contribution in [0.5, 0.6) is 0 Å². The predicted octanol–water partition coefficient (Wildman–Crippen LogP) is 3.56. The number of nitro groups is 1. The van der Waals surface area contributed by atoms with Gasteiger partial charge in [0.1, 0.15) is 0 Å². The van der Waals surface area contributed by atoms with Gasteiger partial charge < -0.3 is 5.32 Å². The third-order valence-electron chi connectivity index (χ3n) is 2.68. The van der Waals surface area contributed by atoms with E-state index in [2.05, 4.69) is 10.3 Å². The molecule has 0 aliphatic carbocycles. The predicted molar refractivity (Wildman–Crippen MR) is 74.4 cm³/mol. The molecule has 0 spiro atoms. The molecule has 0 amide bonds. The molecule has 0 aliphatic rings. The molecule has 2 aromatic rings. The Kier molecular flexibility index (Phi) is 3.97. The van der Waals surface area contributed by atoms with Gasteiger partial charge in [-0.25, -0.2) is 0 Å². The zero-order chi connectivity index (χ0) is 13.8. The second-order valence-corrected chi connectivity index (χ2v) is 4.50. The fourth-order valence-corrected chi connectivity index (χ4v) is 2.08. The summed E-state index contributed by atoms with van der Waals surface area (Å²) in [6.07, 6.45) is 3.45. The number of hydrogen-bond donors (Lipinski definition) is 1. The molecule has 2 rings (SSSR count). The van der Waals surface area contributed by atoms with Gasteiger partial charge in [-0.2, -0.15) is 0 Å². The van der Waals surface area contributed by atoms with Crippen LogP contribution in [0.4, 0.5) is 11.4 Å². The van der Waals surface area contributed by atoms with E-state index < -0.39 is 4.92 Å². The van der Waals surface area contributed by atoms with Crippen LogP contribution in [0.3, 0.4) is 0 Å². The van der Waals surface area contributed by atoms with Crippen molar-refractivity contribution in [2.24, 2.45) is 0 Å². The number of halogens is 1. The number of rotatable bonds is 4. The highest BCUT2D eigenvalue weighted by Crippen LogP contribution is 2.31. The first-order chi connectivity index (χ1) is 9.08. The maximum atomic E-state index is 10.7. The SMILES string of the molecule is Cc1cc([N+](=O)[O-])cc(Cl)c1NCc1cccnc1. The summed E-state index contributed by atoms with van der Waals surface area (Å²) in [5.74, 6) is 0. The molecule has 0 atom stereocenters. The van der Waals surface area contributed by atoms with Crippen LogP contribution < -0.4 is 5.32 Å². The third-order valence-corrected chi connectivity index (χ3v) is 2.97. The number of hydrogen-bond acceptors (Lipinski definition) is 4. The van der Waals surface area contributed by atoms with Crippen LogP contribution in [0.2, 0.25) is 5.02 Å². The van der Waals surface area contributed by atoms with E-state index in [1.807, 2.05) is 12.1 Å². The first-order valence-corrected chi connectivity index (χ1v) is 6.03. The summed E-state index contributed by atoms with van der Waals surface area (Å²) in [5, 5.41) is 14.2. The Morgan fingerprint density at radius 3 is 2.84 bits per heavy atom. The van der Waals surface area contributed by atoms with Gasteiger partial charge in [-0.3, -0.25) is 15.1 Å². The molecule has 0 bridgehead atoms. The number of non-ortho nitro benzene ring substituents is 1. The minimum atomic E-state index is -0.455. The fourth-order valence-electron chi connectivity index (χ4n) is 1.75. The van der Waals surface area contributed by atoms with Gasteiger partial charge in [0.25, 0.3) is 5.69 Å². The van der Waals surface area contributed by atoms with Crippen LogP contribution in [-0.4, -0.2) is 9.91 Å². The number of nitro benzene ring substituents is 1. The highest BCUT2D eigenvalue weighted by atomic mass is 35.5. The van der Waals surface area contributed by atoms with Crippen LogP contribution in [0, 0.1) is 17.0 Å². The van der Waals surface area contributed by atoms with E-state index in [1.165, 1.54) is 12.1 Å². The van der Waals surface area contributed by atoms with Crippen molar-refractivity contribution in [2.75, 3.05) is 5.32 Å². The Balaban J connectivity index is 2.19. The van der Waals surface area contributed by atoms with Crippen molar-refractivity contribution in [1.29, 1.82) is 0 Å². The molecule has 1 aromatic carbocycles. The summed E-state index contributed by atoms with van der Waals surface area (Å²) in [4.78, 5) is 14.3. The molecule has 0 aliphatic heterocycles. The monoisotopic (exact) mass is 277 g/mol. The van der Waals surface area contributed by atoms with Crippen molar-refractivity contribution in [3.63, 3.8) is 0 Å². The van der Waals surface area contributed by atoms with E-state index in [9.17, 15) is 10.1 Å². The zero-order valence-electron chi connectivity index (χ0n) is 10.3. The molecule has 98 valence electrons. The van der Waals surface area contributed by atoms with E-state index in [-0.39, 0.29) is 5.69 Å². The molecular formula is C13H12ClN3O2. The van der Waals surface area contributed by atoms with Gasteiger partial charge in [0, 0.05) is 31.1 Å². The van der Waals surface area contributed by atoms with Crippen molar-refractivity contribution in [1.82, 2.24) is 4.98 Å². The molecule has 1 heterocycles. The second-order valence-electron chi connectivity index (χ2n) is 4.09. The quantitative estimate of drug-likeness (QED) is 0.685. The zero-order valence-corrected chi connectivity index (χ0v) is 11.0. The molecule has 6 heteroatoms. The first kappa shape index (κ1) is 13.3. The molecule has 0 radical (unpaired) electrons. The lowest BCUT2D eigenvalue weighted by Crippen LogP contribution is -2.02. The molecule has 1 aromatic heterocycles. The van der Waals surface area contributed by atoms with Gasteiger partial charge in [-0.05, 0) is 24.1 Å². The summed E-state index contributed by atoms with van der Waals surface area (Å²) >= 11 is 6.06. The smallest absolute Gasteiger partial charge is 0.271 e. The van der Waals surface area contributed by atoms with E-state index >= 15 is 0 Å². The number of nitrogens with zero attached hydrogens (tertiary/aromatic N) is 2. The number of aryl methyl sites for hydroxylation is 1. The van der Waals surface area contributed by atoms with Gasteiger partial charge in [0.15, 0.2) is 0 Å². The van der Waals surface area contributed by atoms with Crippen LogP contribution in [0.1, 0.15) is 11.1 Å². The number of pyridine rings is 1. The molecule has 0 fully saturated rings. The van der Waals surface area contributed by atoms with E-state index in [0.29, 0.717) is 17.3 Å². The highest BCUT2D eigenvalue weighted by molar-refractivity contribution is 6.33. The van der Waals surface area contributed by atoms with Crippen molar-refractivity contribution < 1.29 is 4.92 Å². The largest absolute Gasteiger partial charge is 0.379 e. The third kappa shape index (κ3) is 3.20. The van der Waals surface area contributed by atoms with Crippen molar-refractivity contribution >= 4 is 23.0 Å². The molecular weight excluding hydrogens is 266 g/mol. The summed E-state index contributed by atoms with van der Waals surface area (Å²) < 4.78 is 0. The van der Waals surface area contributed by atoms with E-state index in [4.69, 9.17) is 11.6 Å². The van der Waals surface area contributed by atoms with Crippen LogP contribution in [-0.2, 0) is 6.54 Å². The van der Waals surface area contributed by atoms with Crippen molar-refractivity contribution in [3.8, 4) is 0 Å². The number of nitrogens with one attached hydrogen (secondary N) is 1. The lowest BCUT2D eigenvalue weighted by Gasteiger charge is -2.11. The maximum Gasteiger partial charge on any atom is 0.271 e. The lowest BCUT2D eigenvalue weighted by atomic mass is 10.1. The Bertz CT molecular complexity index is 579. The molecule has 0 unspecified atom stereocenters. The molecule has 0 saturated carbocycles. The molecule has 0 saturated heterocycles. The van der Waals surface area contributed by atoms with Crippen LogP contribution in [0.25, 0.3) is 0 Å². The van der Waals surface area contributed by atoms with Crippen molar-refractivity contribution in [2.45, 2.75) is 13.5 Å². The minimum Gasteiger partial charge on any atom is -0.379 e. The second kappa shape index (κ2) is 5.67. The molecule has 19 heavy (non-hydrogen) atoms. The molecule has 1 N–H and O–H groups in total. The minimum absolute atomic E-state index is 0.00516. The summed E-state index contributed by atoms with van der Waals surface area (Å²) in [6.45, 7) is 2.34. The van der Waals surface area contributed by atoms with E-state index in [0.717, 1.165) is 11.1 Å². The standard InChI is InChI=1S/C13H12ClN3O2/c1-9-5-11(17(18)19)6-12(14)13(9)16-8-10-3-2-4-15-7-10/h2-7,16H,8H2,1H3. The average Bonchev–Trinajstić information content (AvgIpc) is 2.38. The molecule has 5 nitrogen and oxygen atoms in total. The Morgan fingerprint density at radius 2 is 2.26 bits per heavy atom.